The van der Waals surface area contributed by atoms with Gasteiger partial charge in [-0.2, -0.15) is 5.10 Å². The average Bonchev–Trinajstić information content (AvgIpc) is 3.09. The third kappa shape index (κ3) is 3.29. The van der Waals surface area contributed by atoms with Crippen LogP contribution in [0.3, 0.4) is 0 Å². The number of hydrogen-bond donors (Lipinski definition) is 1. The molecule has 1 heterocycles. The van der Waals surface area contributed by atoms with Crippen LogP contribution in [0.25, 0.3) is 11.4 Å². The van der Waals surface area contributed by atoms with Crippen LogP contribution < -0.4 is 5.32 Å². The normalized spacial score (nSPS) is 15.3. The molecule has 1 aromatic heterocycles. The Morgan fingerprint density at radius 3 is 2.71 bits per heavy atom. The summed E-state index contributed by atoms with van der Waals surface area (Å²) in [6.45, 7) is 2.07. The molecule has 5 nitrogen and oxygen atoms in total. The van der Waals surface area contributed by atoms with Crippen molar-refractivity contribution in [3.63, 3.8) is 0 Å². The highest BCUT2D eigenvalue weighted by Crippen LogP contribution is 2.19. The number of carbonyl (C=O) groups excluding carboxylic acids is 1. The van der Waals surface area contributed by atoms with Gasteiger partial charge in [-0.3, -0.25) is 4.79 Å². The van der Waals surface area contributed by atoms with Gasteiger partial charge < -0.3 is 5.32 Å². The zero-order valence-corrected chi connectivity index (χ0v) is 12.2. The fourth-order valence-electron chi connectivity index (χ4n) is 2.85. The van der Waals surface area contributed by atoms with E-state index in [2.05, 4.69) is 15.4 Å². The van der Waals surface area contributed by atoms with Crippen molar-refractivity contribution in [1.82, 2.24) is 20.1 Å². The Labute approximate surface area is 124 Å². The third-order valence-corrected chi connectivity index (χ3v) is 3.82. The molecule has 1 N–H and O–H groups in total. The topological polar surface area (TPSA) is 59.8 Å². The Bertz CT molecular complexity index is 614. The molecule has 1 aromatic carbocycles. The zero-order valence-electron chi connectivity index (χ0n) is 12.2. The van der Waals surface area contributed by atoms with Crippen LogP contribution in [0.1, 0.15) is 31.5 Å². The van der Waals surface area contributed by atoms with E-state index in [-0.39, 0.29) is 12.5 Å². The second-order valence-electron chi connectivity index (χ2n) is 5.56. The SMILES string of the molecule is Cc1nc(-c2ccccc2)n(CC(=O)NC2CCCC2)n1. The van der Waals surface area contributed by atoms with Crippen LogP contribution in [0.2, 0.25) is 0 Å². The Morgan fingerprint density at radius 2 is 2.00 bits per heavy atom. The smallest absolute Gasteiger partial charge is 0.242 e. The van der Waals surface area contributed by atoms with Gasteiger partial charge >= 0.3 is 0 Å². The number of carbonyl (C=O) groups is 1. The second kappa shape index (κ2) is 6.08. The van der Waals surface area contributed by atoms with Crippen LogP contribution in [-0.4, -0.2) is 26.7 Å². The summed E-state index contributed by atoms with van der Waals surface area (Å²) in [4.78, 5) is 16.6. The van der Waals surface area contributed by atoms with Gasteiger partial charge in [0.25, 0.3) is 0 Å². The highest BCUT2D eigenvalue weighted by molar-refractivity contribution is 5.76. The largest absolute Gasteiger partial charge is 0.352 e. The molecule has 110 valence electrons. The van der Waals surface area contributed by atoms with Gasteiger partial charge in [0.1, 0.15) is 12.4 Å². The molecule has 0 saturated heterocycles. The number of aryl methyl sites for hydroxylation is 1. The number of aromatic nitrogens is 3. The molecule has 2 aromatic rings. The van der Waals surface area contributed by atoms with Crippen molar-refractivity contribution < 1.29 is 4.79 Å². The molecule has 0 aliphatic heterocycles. The van der Waals surface area contributed by atoms with Gasteiger partial charge in [-0.15, -0.1) is 0 Å². The van der Waals surface area contributed by atoms with E-state index in [1.165, 1.54) is 12.8 Å². The summed E-state index contributed by atoms with van der Waals surface area (Å²) in [6, 6.07) is 10.2. The zero-order chi connectivity index (χ0) is 14.7. The predicted molar refractivity (Wildman–Crippen MR) is 80.6 cm³/mol. The number of nitrogens with zero attached hydrogens (tertiary/aromatic N) is 3. The lowest BCUT2D eigenvalue weighted by atomic mass is 10.2. The maximum atomic E-state index is 12.2. The van der Waals surface area contributed by atoms with Crippen LogP contribution in [0, 0.1) is 6.92 Å². The van der Waals surface area contributed by atoms with Gasteiger partial charge in [-0.25, -0.2) is 9.67 Å². The Balaban J connectivity index is 1.74. The maximum absolute atomic E-state index is 12.2. The van der Waals surface area contributed by atoms with Crippen LogP contribution >= 0.6 is 0 Å². The summed E-state index contributed by atoms with van der Waals surface area (Å²) in [7, 11) is 0. The third-order valence-electron chi connectivity index (χ3n) is 3.82. The van der Waals surface area contributed by atoms with E-state index >= 15 is 0 Å². The molecule has 0 atom stereocenters. The minimum Gasteiger partial charge on any atom is -0.352 e. The summed E-state index contributed by atoms with van der Waals surface area (Å²) in [5, 5.41) is 7.43. The van der Waals surface area contributed by atoms with E-state index in [0.717, 1.165) is 24.2 Å². The highest BCUT2D eigenvalue weighted by Gasteiger charge is 2.19. The number of rotatable bonds is 4. The Morgan fingerprint density at radius 1 is 1.29 bits per heavy atom. The molecule has 5 heteroatoms. The molecule has 3 rings (SSSR count). The number of nitrogens with one attached hydrogen (secondary N) is 1. The van der Waals surface area contributed by atoms with Crippen LogP contribution in [0.15, 0.2) is 30.3 Å². The fraction of sp³-hybridized carbons (Fsp3) is 0.438. The van der Waals surface area contributed by atoms with Gasteiger partial charge in [0, 0.05) is 11.6 Å². The van der Waals surface area contributed by atoms with Crippen LogP contribution in [-0.2, 0) is 11.3 Å². The van der Waals surface area contributed by atoms with Crippen molar-refractivity contribution in [3.05, 3.63) is 36.2 Å². The molecule has 21 heavy (non-hydrogen) atoms. The van der Waals surface area contributed by atoms with Crippen molar-refractivity contribution in [3.8, 4) is 11.4 Å². The first-order valence-electron chi connectivity index (χ1n) is 7.48. The second-order valence-corrected chi connectivity index (χ2v) is 5.56. The minimum absolute atomic E-state index is 0.0176. The standard InChI is InChI=1S/C16H20N4O/c1-12-17-16(13-7-3-2-4-8-13)20(19-12)11-15(21)18-14-9-5-6-10-14/h2-4,7-8,14H,5-6,9-11H2,1H3,(H,18,21). The highest BCUT2D eigenvalue weighted by atomic mass is 16.2. The predicted octanol–water partition coefficient (Wildman–Crippen LogP) is 2.31. The van der Waals surface area contributed by atoms with Crippen molar-refractivity contribution >= 4 is 5.91 Å². The summed E-state index contributed by atoms with van der Waals surface area (Å²) >= 11 is 0. The maximum Gasteiger partial charge on any atom is 0.242 e. The van der Waals surface area contributed by atoms with Crippen molar-refractivity contribution in [1.29, 1.82) is 0 Å². The van der Waals surface area contributed by atoms with Crippen LogP contribution in [0.5, 0.6) is 0 Å². The van der Waals surface area contributed by atoms with Gasteiger partial charge in [-0.05, 0) is 19.8 Å². The minimum atomic E-state index is 0.0176. The quantitative estimate of drug-likeness (QED) is 0.937. The van der Waals surface area contributed by atoms with Crippen molar-refractivity contribution in [2.24, 2.45) is 0 Å². The first-order valence-corrected chi connectivity index (χ1v) is 7.48. The molecule has 0 bridgehead atoms. The molecule has 1 aliphatic carbocycles. The number of benzene rings is 1. The average molecular weight is 284 g/mol. The molecule has 0 spiro atoms. The lowest BCUT2D eigenvalue weighted by Crippen LogP contribution is -2.35. The summed E-state index contributed by atoms with van der Waals surface area (Å²) < 4.78 is 1.69. The van der Waals surface area contributed by atoms with Crippen molar-refractivity contribution in [2.45, 2.75) is 45.2 Å². The molecule has 1 amide bonds. The summed E-state index contributed by atoms with van der Waals surface area (Å²) in [5.74, 6) is 1.45. The molecular weight excluding hydrogens is 264 g/mol. The molecule has 1 aliphatic rings. The molecular formula is C16H20N4O. The van der Waals surface area contributed by atoms with Crippen LogP contribution in [0.4, 0.5) is 0 Å². The van der Waals surface area contributed by atoms with E-state index in [4.69, 9.17) is 0 Å². The fourth-order valence-corrected chi connectivity index (χ4v) is 2.85. The van der Waals surface area contributed by atoms with E-state index in [1.54, 1.807) is 4.68 Å². The molecule has 1 fully saturated rings. The lowest BCUT2D eigenvalue weighted by Gasteiger charge is -2.12. The Hall–Kier alpha value is -2.17. The molecule has 0 radical (unpaired) electrons. The van der Waals surface area contributed by atoms with E-state index < -0.39 is 0 Å². The van der Waals surface area contributed by atoms with Gasteiger partial charge in [-0.1, -0.05) is 43.2 Å². The van der Waals surface area contributed by atoms with Gasteiger partial charge in [0.15, 0.2) is 5.82 Å². The van der Waals surface area contributed by atoms with E-state index in [0.29, 0.717) is 11.9 Å². The van der Waals surface area contributed by atoms with Gasteiger partial charge in [0.05, 0.1) is 0 Å². The lowest BCUT2D eigenvalue weighted by molar-refractivity contribution is -0.122. The summed E-state index contributed by atoms with van der Waals surface area (Å²) in [5.41, 5.74) is 0.978. The first kappa shape index (κ1) is 13.8. The first-order chi connectivity index (χ1) is 10.2. The number of amides is 1. The molecule has 1 saturated carbocycles. The monoisotopic (exact) mass is 284 g/mol. The Kier molecular flexibility index (Phi) is 3.99. The van der Waals surface area contributed by atoms with Crippen molar-refractivity contribution in [2.75, 3.05) is 0 Å². The van der Waals surface area contributed by atoms with E-state index in [1.807, 2.05) is 37.3 Å². The summed E-state index contributed by atoms with van der Waals surface area (Å²) in [6.07, 6.45) is 4.60. The number of hydrogen-bond acceptors (Lipinski definition) is 3. The molecule has 0 unspecified atom stereocenters. The van der Waals surface area contributed by atoms with E-state index in [9.17, 15) is 4.79 Å². The van der Waals surface area contributed by atoms with Gasteiger partial charge in [0.2, 0.25) is 5.91 Å².